The molecule has 0 bridgehead atoms. The van der Waals surface area contributed by atoms with Crippen LogP contribution in [0.5, 0.6) is 0 Å². The number of rotatable bonds is 14. The maximum absolute atomic E-state index is 10.0. The molecule has 18 heavy (non-hydrogen) atoms. The van der Waals surface area contributed by atoms with Crippen LogP contribution in [-0.2, 0) is 4.79 Å². The minimum Gasteiger partial charge on any atom is -0.396 e. The van der Waals surface area contributed by atoms with Crippen molar-refractivity contribution in [3.8, 4) is 0 Å². The van der Waals surface area contributed by atoms with Gasteiger partial charge in [-0.3, -0.25) is 4.79 Å². The summed E-state index contributed by atoms with van der Waals surface area (Å²) >= 11 is 0. The zero-order valence-electron chi connectivity index (χ0n) is 11.8. The van der Waals surface area contributed by atoms with Crippen LogP contribution in [0.4, 0.5) is 0 Å². The van der Waals surface area contributed by atoms with Crippen molar-refractivity contribution in [3.63, 3.8) is 0 Å². The van der Waals surface area contributed by atoms with E-state index in [1.165, 1.54) is 64.2 Å². The Bertz CT molecular complexity index is 188. The van der Waals surface area contributed by atoms with Crippen LogP contribution < -0.4 is 0 Å². The number of carbonyl (C=O) groups is 1. The fourth-order valence-corrected chi connectivity index (χ4v) is 2.12. The molecule has 0 amide bonds. The summed E-state index contributed by atoms with van der Waals surface area (Å²) in [6.45, 7) is 0.349. The maximum Gasteiger partial charge on any atom is 0.142 e. The van der Waals surface area contributed by atoms with Gasteiger partial charge in [-0.1, -0.05) is 63.9 Å². The summed E-state index contributed by atoms with van der Waals surface area (Å²) in [7, 11) is 0. The van der Waals surface area contributed by atoms with E-state index in [1.807, 2.05) is 6.08 Å². The van der Waals surface area contributed by atoms with Gasteiger partial charge in [0.1, 0.15) is 6.29 Å². The predicted molar refractivity (Wildman–Crippen MR) is 77.7 cm³/mol. The number of hydrogen-bond donors (Lipinski definition) is 1. The first-order valence-electron chi connectivity index (χ1n) is 7.63. The number of carbonyl (C=O) groups excluding carboxylic acids is 1. The van der Waals surface area contributed by atoms with Crippen LogP contribution in [0.3, 0.4) is 0 Å². The standard InChI is InChI=1S/C16H30O2/c17-15-13-11-9-7-5-3-1-2-4-6-8-10-12-14-16-18/h11,13,15,18H,1-10,12,14,16H2. The van der Waals surface area contributed by atoms with E-state index in [1.54, 1.807) is 6.08 Å². The molecule has 0 radical (unpaired) electrons. The van der Waals surface area contributed by atoms with Gasteiger partial charge in [0, 0.05) is 6.61 Å². The molecule has 0 heterocycles. The summed E-state index contributed by atoms with van der Waals surface area (Å²) < 4.78 is 0. The highest BCUT2D eigenvalue weighted by Gasteiger charge is 1.92. The molecule has 0 saturated carbocycles. The van der Waals surface area contributed by atoms with Gasteiger partial charge in [0.2, 0.25) is 0 Å². The Balaban J connectivity index is 2.94. The van der Waals surface area contributed by atoms with Crippen molar-refractivity contribution >= 4 is 6.29 Å². The normalized spacial score (nSPS) is 11.2. The highest BCUT2D eigenvalue weighted by Crippen LogP contribution is 2.11. The SMILES string of the molecule is O=CC=CCCCCCCCCCCCCCO. The van der Waals surface area contributed by atoms with E-state index in [4.69, 9.17) is 5.11 Å². The summed E-state index contributed by atoms with van der Waals surface area (Å²) in [6, 6.07) is 0. The van der Waals surface area contributed by atoms with Crippen LogP contribution in [0.15, 0.2) is 12.2 Å². The van der Waals surface area contributed by atoms with Gasteiger partial charge in [-0.05, 0) is 25.3 Å². The van der Waals surface area contributed by atoms with Gasteiger partial charge >= 0.3 is 0 Å². The second-order valence-electron chi connectivity index (χ2n) is 4.97. The smallest absolute Gasteiger partial charge is 0.142 e. The monoisotopic (exact) mass is 254 g/mol. The van der Waals surface area contributed by atoms with E-state index in [2.05, 4.69) is 0 Å². The molecule has 0 aliphatic rings. The lowest BCUT2D eigenvalue weighted by molar-refractivity contribution is -0.104. The zero-order chi connectivity index (χ0) is 13.3. The van der Waals surface area contributed by atoms with E-state index in [-0.39, 0.29) is 0 Å². The molecule has 0 unspecified atom stereocenters. The first-order chi connectivity index (χ1) is 8.91. The Hall–Kier alpha value is -0.630. The second kappa shape index (κ2) is 16.4. The van der Waals surface area contributed by atoms with Crippen LogP contribution in [0.25, 0.3) is 0 Å². The third kappa shape index (κ3) is 15.4. The molecule has 106 valence electrons. The van der Waals surface area contributed by atoms with Crippen molar-refractivity contribution in [1.82, 2.24) is 0 Å². The molecule has 0 saturated heterocycles. The van der Waals surface area contributed by atoms with Gasteiger partial charge in [0.25, 0.3) is 0 Å². The molecular formula is C16H30O2. The van der Waals surface area contributed by atoms with Crippen molar-refractivity contribution in [1.29, 1.82) is 0 Å². The van der Waals surface area contributed by atoms with Crippen molar-refractivity contribution < 1.29 is 9.90 Å². The highest BCUT2D eigenvalue weighted by molar-refractivity contribution is 5.64. The van der Waals surface area contributed by atoms with Gasteiger partial charge in [-0.25, -0.2) is 0 Å². The lowest BCUT2D eigenvalue weighted by Gasteiger charge is -2.02. The topological polar surface area (TPSA) is 37.3 Å². The van der Waals surface area contributed by atoms with E-state index < -0.39 is 0 Å². The number of aliphatic hydroxyl groups is 1. The van der Waals surface area contributed by atoms with Gasteiger partial charge < -0.3 is 5.11 Å². The third-order valence-corrected chi connectivity index (χ3v) is 3.24. The van der Waals surface area contributed by atoms with E-state index in [0.717, 1.165) is 19.1 Å². The summed E-state index contributed by atoms with van der Waals surface area (Å²) in [6.07, 6.45) is 19.5. The largest absolute Gasteiger partial charge is 0.396 e. The summed E-state index contributed by atoms with van der Waals surface area (Å²) in [5.74, 6) is 0. The van der Waals surface area contributed by atoms with Crippen molar-refractivity contribution in [3.05, 3.63) is 12.2 Å². The Morgan fingerprint density at radius 3 is 1.56 bits per heavy atom. The Morgan fingerprint density at radius 1 is 0.667 bits per heavy atom. The van der Waals surface area contributed by atoms with Crippen LogP contribution in [0.2, 0.25) is 0 Å². The minimum atomic E-state index is 0.349. The van der Waals surface area contributed by atoms with Gasteiger partial charge in [-0.2, -0.15) is 0 Å². The van der Waals surface area contributed by atoms with E-state index in [9.17, 15) is 4.79 Å². The minimum absolute atomic E-state index is 0.349. The van der Waals surface area contributed by atoms with Crippen LogP contribution in [-0.4, -0.2) is 18.0 Å². The average Bonchev–Trinajstić information content (AvgIpc) is 2.39. The number of aldehydes is 1. The molecule has 0 aromatic carbocycles. The number of aliphatic hydroxyl groups excluding tert-OH is 1. The summed E-state index contributed by atoms with van der Waals surface area (Å²) in [5.41, 5.74) is 0. The predicted octanol–water partition coefficient (Wildman–Crippen LogP) is 4.42. The fraction of sp³-hybridized carbons (Fsp3) is 0.812. The first-order valence-corrected chi connectivity index (χ1v) is 7.63. The van der Waals surface area contributed by atoms with E-state index >= 15 is 0 Å². The molecule has 1 N–H and O–H groups in total. The Labute approximate surface area is 112 Å². The summed E-state index contributed by atoms with van der Waals surface area (Å²) in [5, 5.41) is 8.64. The van der Waals surface area contributed by atoms with Crippen LogP contribution in [0, 0.1) is 0 Å². The average molecular weight is 254 g/mol. The molecule has 0 aromatic rings. The molecule has 0 aromatic heterocycles. The fourth-order valence-electron chi connectivity index (χ4n) is 2.12. The van der Waals surface area contributed by atoms with Crippen molar-refractivity contribution in [2.24, 2.45) is 0 Å². The maximum atomic E-state index is 10.0. The molecule has 0 spiro atoms. The van der Waals surface area contributed by atoms with Crippen molar-refractivity contribution in [2.45, 2.75) is 77.0 Å². The lowest BCUT2D eigenvalue weighted by atomic mass is 10.1. The molecule has 0 atom stereocenters. The van der Waals surface area contributed by atoms with Crippen LogP contribution >= 0.6 is 0 Å². The second-order valence-corrected chi connectivity index (χ2v) is 4.97. The molecule has 0 aliphatic carbocycles. The zero-order valence-corrected chi connectivity index (χ0v) is 11.8. The van der Waals surface area contributed by atoms with Gasteiger partial charge in [-0.15, -0.1) is 0 Å². The number of unbranched alkanes of at least 4 members (excludes halogenated alkanes) is 11. The quantitative estimate of drug-likeness (QED) is 0.283. The molecule has 0 aliphatic heterocycles. The molecule has 0 rings (SSSR count). The van der Waals surface area contributed by atoms with Gasteiger partial charge in [0.05, 0.1) is 0 Å². The Kier molecular flexibility index (Phi) is 15.8. The molecule has 0 fully saturated rings. The third-order valence-electron chi connectivity index (χ3n) is 3.24. The van der Waals surface area contributed by atoms with Gasteiger partial charge in [0.15, 0.2) is 0 Å². The first kappa shape index (κ1) is 17.4. The molecule has 2 nitrogen and oxygen atoms in total. The van der Waals surface area contributed by atoms with Crippen LogP contribution in [0.1, 0.15) is 77.0 Å². The van der Waals surface area contributed by atoms with Crippen molar-refractivity contribution in [2.75, 3.05) is 6.61 Å². The highest BCUT2D eigenvalue weighted by atomic mass is 16.2. The number of allylic oxidation sites excluding steroid dienone is 2. The number of hydrogen-bond acceptors (Lipinski definition) is 2. The molecule has 2 heteroatoms. The summed E-state index contributed by atoms with van der Waals surface area (Å²) in [4.78, 5) is 10.0. The lowest BCUT2D eigenvalue weighted by Crippen LogP contribution is -1.84. The molecular weight excluding hydrogens is 224 g/mol. The Morgan fingerprint density at radius 2 is 1.11 bits per heavy atom. The van der Waals surface area contributed by atoms with E-state index in [0.29, 0.717) is 6.61 Å².